The first-order valence-corrected chi connectivity index (χ1v) is 6.52. The first kappa shape index (κ1) is 13.7. The maximum absolute atomic E-state index is 13.9. The van der Waals surface area contributed by atoms with E-state index in [-0.39, 0.29) is 5.82 Å². The lowest BCUT2D eigenvalue weighted by Gasteiger charge is -2.09. The maximum atomic E-state index is 13.9. The van der Waals surface area contributed by atoms with E-state index in [0.717, 1.165) is 18.5 Å². The lowest BCUT2D eigenvalue weighted by Crippen LogP contribution is -2.05. The van der Waals surface area contributed by atoms with Gasteiger partial charge in [0.25, 0.3) is 0 Å². The van der Waals surface area contributed by atoms with Crippen molar-refractivity contribution in [1.82, 2.24) is 9.97 Å². The highest BCUT2D eigenvalue weighted by atomic mass is 35.5. The zero-order chi connectivity index (χ0) is 13.8. The fourth-order valence-corrected chi connectivity index (χ4v) is 1.88. The Morgan fingerprint density at radius 3 is 2.84 bits per heavy atom. The second-order valence-electron chi connectivity index (χ2n) is 4.28. The number of anilines is 1. The fraction of sp³-hybridized carbons (Fsp3) is 0.286. The third kappa shape index (κ3) is 3.20. The largest absolute Gasteiger partial charge is 0.354 e. The Kier molecular flexibility index (Phi) is 4.32. The van der Waals surface area contributed by atoms with Gasteiger partial charge in [-0.1, -0.05) is 18.5 Å². The van der Waals surface area contributed by atoms with Gasteiger partial charge in [0.05, 0.1) is 5.69 Å². The molecule has 0 atom stereocenters. The molecule has 1 heterocycles. The van der Waals surface area contributed by atoms with Crippen LogP contribution in [0.5, 0.6) is 0 Å². The Labute approximate surface area is 116 Å². The quantitative estimate of drug-likeness (QED) is 0.917. The smallest absolute Gasteiger partial charge is 0.223 e. The van der Waals surface area contributed by atoms with Crippen molar-refractivity contribution in [3.05, 3.63) is 40.8 Å². The topological polar surface area (TPSA) is 37.8 Å². The second-order valence-corrected chi connectivity index (χ2v) is 4.71. The summed E-state index contributed by atoms with van der Waals surface area (Å²) in [5.41, 5.74) is 1.84. The molecule has 0 saturated heterocycles. The van der Waals surface area contributed by atoms with Gasteiger partial charge in [-0.2, -0.15) is 0 Å². The molecule has 3 nitrogen and oxygen atoms in total. The molecule has 1 aromatic carbocycles. The van der Waals surface area contributed by atoms with E-state index in [9.17, 15) is 4.39 Å². The van der Waals surface area contributed by atoms with E-state index < -0.39 is 0 Å². The van der Waals surface area contributed by atoms with Crippen LogP contribution in [0.4, 0.5) is 10.3 Å². The molecule has 0 bridgehead atoms. The van der Waals surface area contributed by atoms with Crippen LogP contribution in [-0.2, 0) is 0 Å². The number of aromatic nitrogens is 2. The third-order valence-electron chi connectivity index (χ3n) is 2.69. The molecule has 2 aromatic rings. The number of hydrogen-bond donors (Lipinski definition) is 1. The first-order chi connectivity index (χ1) is 9.11. The van der Waals surface area contributed by atoms with Crippen LogP contribution >= 0.6 is 11.6 Å². The average Bonchev–Trinajstić information content (AvgIpc) is 2.38. The van der Waals surface area contributed by atoms with Crippen molar-refractivity contribution in [3.63, 3.8) is 0 Å². The van der Waals surface area contributed by atoms with Gasteiger partial charge in [-0.15, -0.1) is 0 Å². The Morgan fingerprint density at radius 2 is 2.16 bits per heavy atom. The van der Waals surface area contributed by atoms with Crippen LogP contribution in [0.1, 0.15) is 18.9 Å². The minimum Gasteiger partial charge on any atom is -0.354 e. The van der Waals surface area contributed by atoms with Gasteiger partial charge in [0.15, 0.2) is 0 Å². The molecular weight excluding hydrogens is 265 g/mol. The van der Waals surface area contributed by atoms with Gasteiger partial charge >= 0.3 is 0 Å². The molecule has 5 heteroatoms. The average molecular weight is 280 g/mol. The van der Waals surface area contributed by atoms with E-state index in [4.69, 9.17) is 11.6 Å². The first-order valence-electron chi connectivity index (χ1n) is 6.14. The zero-order valence-electron chi connectivity index (χ0n) is 10.9. The van der Waals surface area contributed by atoms with Gasteiger partial charge in [-0.25, -0.2) is 14.4 Å². The number of rotatable bonds is 4. The molecule has 0 unspecified atom stereocenters. The molecule has 0 aliphatic carbocycles. The molecule has 0 aliphatic heterocycles. The van der Waals surface area contributed by atoms with Crippen molar-refractivity contribution < 1.29 is 4.39 Å². The molecule has 0 fully saturated rings. The van der Waals surface area contributed by atoms with Crippen molar-refractivity contribution in [2.75, 3.05) is 11.9 Å². The summed E-state index contributed by atoms with van der Waals surface area (Å²) in [5, 5.41) is 3.46. The summed E-state index contributed by atoms with van der Waals surface area (Å²) in [4.78, 5) is 8.54. The number of benzene rings is 1. The van der Waals surface area contributed by atoms with Crippen molar-refractivity contribution in [2.45, 2.75) is 20.3 Å². The number of nitrogens with zero attached hydrogens (tertiary/aromatic N) is 2. The van der Waals surface area contributed by atoms with Gasteiger partial charge in [0, 0.05) is 23.3 Å². The van der Waals surface area contributed by atoms with Gasteiger partial charge in [0.2, 0.25) is 5.95 Å². The van der Waals surface area contributed by atoms with E-state index >= 15 is 0 Å². The Hall–Kier alpha value is -1.68. The van der Waals surface area contributed by atoms with Crippen LogP contribution in [0, 0.1) is 12.7 Å². The van der Waals surface area contributed by atoms with Crippen LogP contribution in [0.3, 0.4) is 0 Å². The highest BCUT2D eigenvalue weighted by molar-refractivity contribution is 6.30. The van der Waals surface area contributed by atoms with E-state index in [1.807, 2.05) is 6.92 Å². The van der Waals surface area contributed by atoms with Gasteiger partial charge < -0.3 is 5.32 Å². The highest BCUT2D eigenvalue weighted by Crippen LogP contribution is 2.26. The SMILES string of the molecule is CCCNc1ncc(C)c(-c2ccc(Cl)cc2F)n1. The predicted octanol–water partition coefficient (Wildman–Crippen LogP) is 4.07. The number of hydrogen-bond acceptors (Lipinski definition) is 3. The van der Waals surface area contributed by atoms with Crippen LogP contribution in [0.2, 0.25) is 5.02 Å². The number of halogens is 2. The van der Waals surface area contributed by atoms with Crippen LogP contribution in [0.15, 0.2) is 24.4 Å². The van der Waals surface area contributed by atoms with E-state index in [2.05, 4.69) is 22.2 Å². The summed E-state index contributed by atoms with van der Waals surface area (Å²) in [7, 11) is 0. The summed E-state index contributed by atoms with van der Waals surface area (Å²) < 4.78 is 13.9. The Morgan fingerprint density at radius 1 is 1.37 bits per heavy atom. The van der Waals surface area contributed by atoms with Gasteiger partial charge in [-0.05, 0) is 37.1 Å². The second kappa shape index (κ2) is 5.97. The van der Waals surface area contributed by atoms with E-state index in [0.29, 0.717) is 22.2 Å². The molecule has 0 amide bonds. The monoisotopic (exact) mass is 279 g/mol. The molecule has 0 aliphatic rings. The van der Waals surface area contributed by atoms with Crippen LogP contribution in [-0.4, -0.2) is 16.5 Å². The minimum atomic E-state index is -0.379. The molecule has 0 radical (unpaired) electrons. The summed E-state index contributed by atoms with van der Waals surface area (Å²) in [6, 6.07) is 4.58. The van der Waals surface area contributed by atoms with Crippen molar-refractivity contribution in [2.24, 2.45) is 0 Å². The number of nitrogens with one attached hydrogen (secondary N) is 1. The molecule has 100 valence electrons. The standard InChI is InChI=1S/C14H15ClFN3/c1-3-6-17-14-18-8-9(2)13(19-14)11-5-4-10(15)7-12(11)16/h4-5,7-8H,3,6H2,1-2H3,(H,17,18,19). The summed E-state index contributed by atoms with van der Waals surface area (Å²) in [6.07, 6.45) is 2.66. The minimum absolute atomic E-state index is 0.372. The summed E-state index contributed by atoms with van der Waals surface area (Å²) >= 11 is 5.76. The molecule has 1 aromatic heterocycles. The summed E-state index contributed by atoms with van der Waals surface area (Å²) in [5.74, 6) is 0.132. The molecule has 1 N–H and O–H groups in total. The van der Waals surface area contributed by atoms with Crippen LogP contribution < -0.4 is 5.32 Å². The molecular formula is C14H15ClFN3. The van der Waals surface area contributed by atoms with Gasteiger partial charge in [-0.3, -0.25) is 0 Å². The number of aryl methyl sites for hydroxylation is 1. The normalized spacial score (nSPS) is 10.5. The van der Waals surface area contributed by atoms with Crippen molar-refractivity contribution in [3.8, 4) is 11.3 Å². The van der Waals surface area contributed by atoms with E-state index in [1.54, 1.807) is 18.3 Å². The molecule has 0 saturated carbocycles. The Balaban J connectivity index is 2.42. The molecule has 19 heavy (non-hydrogen) atoms. The molecule has 2 rings (SSSR count). The van der Waals surface area contributed by atoms with Crippen molar-refractivity contribution in [1.29, 1.82) is 0 Å². The van der Waals surface area contributed by atoms with Crippen LogP contribution in [0.25, 0.3) is 11.3 Å². The third-order valence-corrected chi connectivity index (χ3v) is 2.93. The maximum Gasteiger partial charge on any atom is 0.223 e. The van der Waals surface area contributed by atoms with Crippen molar-refractivity contribution >= 4 is 17.5 Å². The predicted molar refractivity (Wildman–Crippen MR) is 76.0 cm³/mol. The zero-order valence-corrected chi connectivity index (χ0v) is 11.6. The lowest BCUT2D eigenvalue weighted by molar-refractivity contribution is 0.630. The summed E-state index contributed by atoms with van der Waals surface area (Å²) in [6.45, 7) is 4.69. The lowest BCUT2D eigenvalue weighted by atomic mass is 10.1. The Bertz CT molecular complexity index is 587. The molecule has 0 spiro atoms. The van der Waals surface area contributed by atoms with E-state index in [1.165, 1.54) is 6.07 Å². The fourth-order valence-electron chi connectivity index (χ4n) is 1.72. The van der Waals surface area contributed by atoms with Gasteiger partial charge in [0.1, 0.15) is 5.82 Å². The highest BCUT2D eigenvalue weighted by Gasteiger charge is 2.11.